The highest BCUT2D eigenvalue weighted by atomic mass is 32.2. The number of alkyl halides is 2. The number of likely N-dealkylation sites (tertiary alicyclic amines) is 1. The van der Waals surface area contributed by atoms with Gasteiger partial charge < -0.3 is 15.1 Å². The van der Waals surface area contributed by atoms with Crippen molar-refractivity contribution in [3.8, 4) is 0 Å². The van der Waals surface area contributed by atoms with Gasteiger partial charge in [-0.15, -0.1) is 0 Å². The summed E-state index contributed by atoms with van der Waals surface area (Å²) >= 11 is 0. The molecule has 5 aromatic rings. The monoisotopic (exact) mass is 895 g/mol. The minimum absolute atomic E-state index is 0.119. The molecule has 0 radical (unpaired) electrons. The summed E-state index contributed by atoms with van der Waals surface area (Å²) in [4.78, 5) is 66.0. The van der Waals surface area contributed by atoms with Crippen molar-refractivity contribution in [2.24, 2.45) is 18.4 Å². The lowest BCUT2D eigenvalue weighted by Gasteiger charge is -2.52. The first kappa shape index (κ1) is 42.6. The molecular formula is C47H55F2N9O5S. The van der Waals surface area contributed by atoms with E-state index in [-0.39, 0.29) is 40.7 Å². The SMILES string of the molecule is Cc1cc(S(=O)C2CC3(CCN(CC4CCN(c5cccc6c5n(C)c(=O)n6C5CCC(=O)NC5=O)CC4)CC3)C2)ccc1Nc1ncc2cc(C(F)F)c(=O)n(C3CCCC3)c2n1. The molecule has 2 saturated carbocycles. The van der Waals surface area contributed by atoms with Crippen LogP contribution in [0.5, 0.6) is 0 Å². The predicted molar refractivity (Wildman–Crippen MR) is 242 cm³/mol. The Bertz CT molecular complexity index is 2790. The van der Waals surface area contributed by atoms with Crippen LogP contribution in [-0.2, 0) is 27.4 Å². The number of aryl methyl sites for hydroxylation is 2. The van der Waals surface area contributed by atoms with Crippen molar-refractivity contribution in [3.63, 3.8) is 0 Å². The number of imide groups is 1. The number of carbonyl (C=O) groups excluding carboxylic acids is 2. The van der Waals surface area contributed by atoms with E-state index in [1.165, 1.54) is 16.8 Å². The highest BCUT2D eigenvalue weighted by molar-refractivity contribution is 7.85. The van der Waals surface area contributed by atoms with Crippen LogP contribution in [0, 0.1) is 18.3 Å². The maximum Gasteiger partial charge on any atom is 0.329 e. The highest BCUT2D eigenvalue weighted by Gasteiger charge is 2.48. The molecule has 2 N–H and O–H groups in total. The number of hydrogen-bond acceptors (Lipinski definition) is 10. The summed E-state index contributed by atoms with van der Waals surface area (Å²) in [6.07, 6.45) is 8.75. The number of aromatic nitrogens is 5. The van der Waals surface area contributed by atoms with Gasteiger partial charge in [-0.3, -0.25) is 37.6 Å². The molecule has 14 nitrogen and oxygen atoms in total. The first-order valence-corrected chi connectivity index (χ1v) is 24.1. The number of nitrogens with zero attached hydrogens (tertiary/aromatic N) is 7. The quantitative estimate of drug-likeness (QED) is 0.143. The molecule has 0 bridgehead atoms. The summed E-state index contributed by atoms with van der Waals surface area (Å²) in [6.45, 7) is 6.89. The van der Waals surface area contributed by atoms with E-state index < -0.39 is 40.3 Å². The molecule has 2 unspecified atom stereocenters. The van der Waals surface area contributed by atoms with Gasteiger partial charge in [0.25, 0.3) is 12.0 Å². The molecule has 17 heteroatoms. The number of fused-ring (bicyclic) bond motifs is 2. The van der Waals surface area contributed by atoms with Crippen LogP contribution in [0.4, 0.5) is 26.1 Å². The smallest absolute Gasteiger partial charge is 0.329 e. The summed E-state index contributed by atoms with van der Waals surface area (Å²) < 4.78 is 46.1. The second-order valence-electron chi connectivity index (χ2n) is 19.0. The zero-order chi connectivity index (χ0) is 44.4. The van der Waals surface area contributed by atoms with Crippen LogP contribution in [0.3, 0.4) is 0 Å². The minimum Gasteiger partial charge on any atom is -0.370 e. The van der Waals surface area contributed by atoms with Crippen molar-refractivity contribution in [1.29, 1.82) is 0 Å². The van der Waals surface area contributed by atoms with E-state index in [9.17, 15) is 32.2 Å². The Kier molecular flexibility index (Phi) is 11.3. The molecule has 6 heterocycles. The van der Waals surface area contributed by atoms with Crippen molar-refractivity contribution >= 4 is 62.0 Å². The van der Waals surface area contributed by atoms with Crippen LogP contribution in [0.25, 0.3) is 22.1 Å². The molecule has 2 aromatic carbocycles. The lowest BCUT2D eigenvalue weighted by atomic mass is 9.63. The lowest BCUT2D eigenvalue weighted by Crippen LogP contribution is -2.51. The first-order chi connectivity index (χ1) is 30.9. The van der Waals surface area contributed by atoms with Crippen LogP contribution in [-0.4, -0.2) is 82.6 Å². The number of benzene rings is 2. The van der Waals surface area contributed by atoms with Crippen molar-refractivity contribution in [1.82, 2.24) is 33.9 Å². The van der Waals surface area contributed by atoms with Gasteiger partial charge >= 0.3 is 5.69 Å². The zero-order valence-corrected chi connectivity index (χ0v) is 37.2. The third kappa shape index (κ3) is 7.75. The summed E-state index contributed by atoms with van der Waals surface area (Å²) in [5.41, 5.74) is 3.29. The number of pyridine rings is 1. The van der Waals surface area contributed by atoms with E-state index in [1.807, 2.05) is 37.3 Å². The fourth-order valence-electron chi connectivity index (χ4n) is 11.4. The fourth-order valence-corrected chi connectivity index (χ4v) is 13.3. The Balaban J connectivity index is 0.722. The van der Waals surface area contributed by atoms with E-state index in [1.54, 1.807) is 16.2 Å². The molecule has 3 saturated heterocycles. The normalized spacial score (nSPS) is 21.9. The number of piperidine rings is 3. The number of nitrogens with one attached hydrogen (secondary N) is 2. The van der Waals surface area contributed by atoms with Gasteiger partial charge in [0.05, 0.1) is 33.1 Å². The van der Waals surface area contributed by atoms with Gasteiger partial charge in [0.2, 0.25) is 17.8 Å². The van der Waals surface area contributed by atoms with Gasteiger partial charge in [-0.1, -0.05) is 18.9 Å². The molecule has 2 atom stereocenters. The van der Waals surface area contributed by atoms with E-state index >= 15 is 0 Å². The predicted octanol–water partition coefficient (Wildman–Crippen LogP) is 6.80. The van der Waals surface area contributed by atoms with Gasteiger partial charge in [0.1, 0.15) is 11.7 Å². The van der Waals surface area contributed by atoms with Gasteiger partial charge in [-0.05, 0) is 131 Å². The molecule has 1 spiro atoms. The molecule has 10 rings (SSSR count). The Morgan fingerprint density at radius 1 is 0.938 bits per heavy atom. The number of anilines is 3. The van der Waals surface area contributed by atoms with Gasteiger partial charge in [-0.2, -0.15) is 4.98 Å². The highest BCUT2D eigenvalue weighted by Crippen LogP contribution is 2.52. The average Bonchev–Trinajstić information content (AvgIpc) is 3.89. The number of imidazole rings is 1. The van der Waals surface area contributed by atoms with Gasteiger partial charge in [0, 0.05) is 66.6 Å². The molecule has 3 aliphatic heterocycles. The van der Waals surface area contributed by atoms with E-state index in [0.717, 1.165) is 124 Å². The molecule has 2 amide bonds. The Labute approximate surface area is 371 Å². The summed E-state index contributed by atoms with van der Waals surface area (Å²) in [7, 11) is 0.615. The molecular weight excluding hydrogens is 841 g/mol. The summed E-state index contributed by atoms with van der Waals surface area (Å²) in [5.74, 6) is 0.115. The van der Waals surface area contributed by atoms with E-state index in [4.69, 9.17) is 0 Å². The number of amides is 2. The van der Waals surface area contributed by atoms with Gasteiger partial charge in [0.15, 0.2) is 0 Å². The third-order valence-electron chi connectivity index (χ3n) is 15.0. The van der Waals surface area contributed by atoms with Crippen molar-refractivity contribution in [3.05, 3.63) is 80.6 Å². The lowest BCUT2D eigenvalue weighted by molar-refractivity contribution is -0.135. The second-order valence-corrected chi connectivity index (χ2v) is 20.7. The van der Waals surface area contributed by atoms with Crippen LogP contribution >= 0.6 is 0 Å². The van der Waals surface area contributed by atoms with Crippen LogP contribution in [0.1, 0.15) is 107 Å². The zero-order valence-electron chi connectivity index (χ0n) is 36.4. The minimum atomic E-state index is -2.88. The second kappa shape index (κ2) is 16.9. The topological polar surface area (TPSA) is 156 Å². The van der Waals surface area contributed by atoms with Crippen molar-refractivity contribution < 1.29 is 22.6 Å². The van der Waals surface area contributed by atoms with E-state index in [2.05, 4.69) is 36.5 Å². The number of rotatable bonds is 10. The van der Waals surface area contributed by atoms with Crippen LogP contribution < -0.4 is 26.8 Å². The van der Waals surface area contributed by atoms with Crippen molar-refractivity contribution in [2.45, 2.75) is 113 Å². The first-order valence-electron chi connectivity index (χ1n) is 22.9. The standard InChI is InChI=1S/C47H55F2N9O5S/c1-28-22-32(10-11-35(28)51-45-50-26-30-23-34(41(48)49)44(61)57(42(30)53-45)31-6-3-4-7-31)64(63)33-24-47(25-33)16-20-55(21-17-47)27-29-14-18-56(19-15-29)36-8-5-9-37-40(36)54(2)46(62)58(37)38-12-13-39(59)52-43(38)60/h5,8-11,22-23,26,29,31,33,38,41H,3-4,6-7,12-21,24-25,27H2,1-2H3,(H,50,51,53)(H,52,59,60). The Morgan fingerprint density at radius 2 is 1.69 bits per heavy atom. The maximum atomic E-state index is 13.9. The number of para-hydroxylation sites is 1. The maximum absolute atomic E-state index is 13.9. The van der Waals surface area contributed by atoms with Gasteiger partial charge in [-0.25, -0.2) is 18.6 Å². The van der Waals surface area contributed by atoms with E-state index in [0.29, 0.717) is 28.9 Å². The molecule has 2 aliphatic carbocycles. The molecule has 5 aliphatic rings. The Morgan fingerprint density at radius 3 is 2.39 bits per heavy atom. The Hall–Kier alpha value is -5.29. The largest absolute Gasteiger partial charge is 0.370 e. The summed E-state index contributed by atoms with van der Waals surface area (Å²) in [5, 5.41) is 6.17. The molecule has 5 fully saturated rings. The van der Waals surface area contributed by atoms with Crippen LogP contribution in [0.15, 0.2) is 63.1 Å². The fraction of sp³-hybridized carbons (Fsp3) is 0.532. The number of carbonyl (C=O) groups is 2. The molecule has 64 heavy (non-hydrogen) atoms. The van der Waals surface area contributed by atoms with Crippen molar-refractivity contribution in [2.75, 3.05) is 42.9 Å². The molecule has 338 valence electrons. The third-order valence-corrected chi connectivity index (χ3v) is 16.7. The summed E-state index contributed by atoms with van der Waals surface area (Å²) in [6, 6.07) is 12.0. The number of halogens is 2. The average molecular weight is 896 g/mol. The molecule has 3 aromatic heterocycles. The number of hydrogen-bond donors (Lipinski definition) is 2. The van der Waals surface area contributed by atoms with Crippen LogP contribution in [0.2, 0.25) is 0 Å².